The summed E-state index contributed by atoms with van der Waals surface area (Å²) in [7, 11) is 1.29. The third kappa shape index (κ3) is 1.64. The lowest BCUT2D eigenvalue weighted by molar-refractivity contribution is -0.162. The van der Waals surface area contributed by atoms with E-state index in [4.69, 9.17) is 9.47 Å². The first kappa shape index (κ1) is 10.6. The molecule has 0 bridgehead atoms. The van der Waals surface area contributed by atoms with Gasteiger partial charge in [-0.1, -0.05) is 0 Å². The van der Waals surface area contributed by atoms with Crippen LogP contribution in [0.1, 0.15) is 6.92 Å². The summed E-state index contributed by atoms with van der Waals surface area (Å²) in [6.07, 6.45) is 0. The molecule has 0 unspecified atom stereocenters. The van der Waals surface area contributed by atoms with Crippen molar-refractivity contribution in [2.24, 2.45) is 0 Å². The normalized spacial score (nSPS) is 22.6. The Labute approximate surface area is 92.5 Å². The van der Waals surface area contributed by atoms with Gasteiger partial charge >= 0.3 is 5.97 Å². The Hall–Kier alpha value is -1.91. The van der Waals surface area contributed by atoms with Crippen molar-refractivity contribution in [3.8, 4) is 17.2 Å². The van der Waals surface area contributed by atoms with Crippen LogP contribution in [0.15, 0.2) is 18.2 Å². The minimum absolute atomic E-state index is 0.0523. The smallest absolute Gasteiger partial charge is 0.353 e. The minimum Gasteiger partial charge on any atom is -0.508 e. The lowest BCUT2D eigenvalue weighted by atomic mass is 10.1. The Bertz CT molecular complexity index is 428. The Balaban J connectivity index is 2.32. The summed E-state index contributed by atoms with van der Waals surface area (Å²) in [5.74, 6) is 0.372. The van der Waals surface area contributed by atoms with Gasteiger partial charge < -0.3 is 19.3 Å². The second kappa shape index (κ2) is 3.59. The van der Waals surface area contributed by atoms with Crippen LogP contribution in [0.4, 0.5) is 0 Å². The number of carbonyl (C=O) groups is 1. The fourth-order valence-corrected chi connectivity index (χ4v) is 1.50. The first-order chi connectivity index (χ1) is 7.55. The monoisotopic (exact) mass is 224 g/mol. The lowest BCUT2D eigenvalue weighted by Crippen LogP contribution is -2.49. The molecule has 0 radical (unpaired) electrons. The number of carbonyl (C=O) groups excluding carboxylic acids is 1. The quantitative estimate of drug-likeness (QED) is 0.723. The third-order valence-corrected chi connectivity index (χ3v) is 2.38. The topological polar surface area (TPSA) is 65.0 Å². The molecule has 0 fully saturated rings. The van der Waals surface area contributed by atoms with Crippen molar-refractivity contribution >= 4 is 5.97 Å². The van der Waals surface area contributed by atoms with E-state index in [1.54, 1.807) is 13.0 Å². The lowest BCUT2D eigenvalue weighted by Gasteiger charge is -2.32. The molecule has 1 atom stereocenters. The van der Waals surface area contributed by atoms with Crippen LogP contribution in [0.2, 0.25) is 0 Å². The van der Waals surface area contributed by atoms with E-state index in [0.717, 1.165) is 0 Å². The van der Waals surface area contributed by atoms with Crippen molar-refractivity contribution in [2.45, 2.75) is 12.5 Å². The molecule has 0 aliphatic carbocycles. The zero-order chi connectivity index (χ0) is 11.8. The maximum absolute atomic E-state index is 11.5. The molecular formula is C11H12O5. The van der Waals surface area contributed by atoms with Gasteiger partial charge in [-0.2, -0.15) is 0 Å². The third-order valence-electron chi connectivity index (χ3n) is 2.38. The van der Waals surface area contributed by atoms with Gasteiger partial charge in [0.1, 0.15) is 12.4 Å². The number of phenols is 1. The summed E-state index contributed by atoms with van der Waals surface area (Å²) in [4.78, 5) is 11.5. The van der Waals surface area contributed by atoms with Crippen LogP contribution in [0, 0.1) is 0 Å². The Morgan fingerprint density at radius 3 is 2.94 bits per heavy atom. The number of esters is 1. The van der Waals surface area contributed by atoms with Crippen molar-refractivity contribution in [1.82, 2.24) is 0 Å². The zero-order valence-corrected chi connectivity index (χ0v) is 9.02. The largest absolute Gasteiger partial charge is 0.508 e. The van der Waals surface area contributed by atoms with Gasteiger partial charge in [-0.25, -0.2) is 4.79 Å². The van der Waals surface area contributed by atoms with Crippen LogP contribution in [0.5, 0.6) is 17.2 Å². The molecule has 16 heavy (non-hydrogen) atoms. The van der Waals surface area contributed by atoms with E-state index >= 15 is 0 Å². The van der Waals surface area contributed by atoms with E-state index in [1.165, 1.54) is 19.2 Å². The van der Waals surface area contributed by atoms with E-state index in [-0.39, 0.29) is 12.4 Å². The molecule has 1 N–H and O–H groups in total. The standard InChI is InChI=1S/C11H12O5/c1-11(10(13)14-2)6-15-8-4-3-7(12)5-9(8)16-11/h3-5,12H,6H2,1-2H3/t11-/m1/s1. The minimum atomic E-state index is -1.17. The van der Waals surface area contributed by atoms with Gasteiger partial charge in [-0.3, -0.25) is 0 Å². The zero-order valence-electron chi connectivity index (χ0n) is 9.02. The number of methoxy groups -OCH3 is 1. The number of aromatic hydroxyl groups is 1. The number of phenolic OH excluding ortho intramolecular Hbond substituents is 1. The van der Waals surface area contributed by atoms with Crippen LogP contribution in [0.25, 0.3) is 0 Å². The summed E-state index contributed by atoms with van der Waals surface area (Å²) < 4.78 is 15.5. The summed E-state index contributed by atoms with van der Waals surface area (Å²) in [6.45, 7) is 1.66. The fourth-order valence-electron chi connectivity index (χ4n) is 1.50. The molecule has 1 aliphatic rings. The number of fused-ring (bicyclic) bond motifs is 1. The number of rotatable bonds is 1. The summed E-state index contributed by atoms with van der Waals surface area (Å²) >= 11 is 0. The second-order valence-corrected chi connectivity index (χ2v) is 3.74. The summed E-state index contributed by atoms with van der Waals surface area (Å²) in [6, 6.07) is 4.47. The van der Waals surface area contributed by atoms with Gasteiger partial charge in [0.25, 0.3) is 0 Å². The fraction of sp³-hybridized carbons (Fsp3) is 0.364. The molecule has 2 rings (SSSR count). The molecule has 0 saturated carbocycles. The first-order valence-electron chi connectivity index (χ1n) is 4.78. The Morgan fingerprint density at radius 2 is 2.25 bits per heavy atom. The van der Waals surface area contributed by atoms with Gasteiger partial charge in [0.2, 0.25) is 5.60 Å². The van der Waals surface area contributed by atoms with Crippen LogP contribution < -0.4 is 9.47 Å². The average Bonchev–Trinajstić information content (AvgIpc) is 2.27. The average molecular weight is 224 g/mol. The molecular weight excluding hydrogens is 212 g/mol. The Kier molecular flexibility index (Phi) is 2.38. The van der Waals surface area contributed by atoms with Crippen LogP contribution in [0.3, 0.4) is 0 Å². The van der Waals surface area contributed by atoms with Crippen molar-refractivity contribution in [1.29, 1.82) is 0 Å². The first-order valence-corrected chi connectivity index (χ1v) is 4.78. The molecule has 1 heterocycles. The maximum atomic E-state index is 11.5. The second-order valence-electron chi connectivity index (χ2n) is 3.74. The predicted molar refractivity (Wildman–Crippen MR) is 54.7 cm³/mol. The van der Waals surface area contributed by atoms with Crippen LogP contribution in [-0.2, 0) is 9.53 Å². The van der Waals surface area contributed by atoms with Crippen molar-refractivity contribution in [3.63, 3.8) is 0 Å². The van der Waals surface area contributed by atoms with Gasteiger partial charge in [-0.05, 0) is 19.1 Å². The molecule has 1 aliphatic heterocycles. The predicted octanol–water partition coefficient (Wildman–Crippen LogP) is 1.10. The highest BCUT2D eigenvalue weighted by Crippen LogP contribution is 2.37. The van der Waals surface area contributed by atoms with E-state index in [9.17, 15) is 9.90 Å². The molecule has 1 aromatic rings. The number of benzene rings is 1. The van der Waals surface area contributed by atoms with E-state index in [0.29, 0.717) is 11.5 Å². The van der Waals surface area contributed by atoms with Crippen molar-refractivity contribution in [2.75, 3.05) is 13.7 Å². The van der Waals surface area contributed by atoms with Crippen molar-refractivity contribution in [3.05, 3.63) is 18.2 Å². The molecule has 86 valence electrons. The van der Waals surface area contributed by atoms with Crippen LogP contribution in [-0.4, -0.2) is 30.4 Å². The molecule has 5 heteroatoms. The highest BCUT2D eigenvalue weighted by molar-refractivity contribution is 5.80. The van der Waals surface area contributed by atoms with Gasteiger partial charge in [-0.15, -0.1) is 0 Å². The number of hydrogen-bond acceptors (Lipinski definition) is 5. The molecule has 0 aromatic heterocycles. The molecule has 1 aromatic carbocycles. The van der Waals surface area contributed by atoms with E-state index < -0.39 is 11.6 Å². The van der Waals surface area contributed by atoms with E-state index in [2.05, 4.69) is 4.74 Å². The highest BCUT2D eigenvalue weighted by Gasteiger charge is 2.41. The number of hydrogen-bond donors (Lipinski definition) is 1. The maximum Gasteiger partial charge on any atom is 0.353 e. The Morgan fingerprint density at radius 1 is 1.50 bits per heavy atom. The number of ether oxygens (including phenoxy) is 3. The summed E-state index contributed by atoms with van der Waals surface area (Å²) in [5, 5.41) is 9.30. The van der Waals surface area contributed by atoms with Gasteiger partial charge in [0.15, 0.2) is 11.5 Å². The van der Waals surface area contributed by atoms with Crippen LogP contribution >= 0.6 is 0 Å². The molecule has 0 saturated heterocycles. The molecule has 0 amide bonds. The SMILES string of the molecule is COC(=O)[C@@]1(C)COc2ccc(O)cc2O1. The highest BCUT2D eigenvalue weighted by atomic mass is 16.6. The van der Waals surface area contributed by atoms with E-state index in [1.807, 2.05) is 0 Å². The van der Waals surface area contributed by atoms with Gasteiger partial charge in [0.05, 0.1) is 7.11 Å². The summed E-state index contributed by atoms with van der Waals surface area (Å²) in [5.41, 5.74) is -1.17. The van der Waals surface area contributed by atoms with Crippen molar-refractivity contribution < 1.29 is 24.1 Å². The van der Waals surface area contributed by atoms with Gasteiger partial charge in [0, 0.05) is 6.07 Å². The molecule has 0 spiro atoms. The molecule has 5 nitrogen and oxygen atoms in total.